The van der Waals surface area contributed by atoms with Crippen LogP contribution in [0.1, 0.15) is 28.4 Å². The monoisotopic (exact) mass is 536 g/mol. The fourth-order valence-electron chi connectivity index (χ4n) is 3.64. The molecule has 0 aliphatic heterocycles. The Morgan fingerprint density at radius 2 is 1.62 bits per heavy atom. The standard InChI is InChI=1S/C31H28N4O3S/c1-21-10-8-11-23(18-21)19-27(34-30(37)24-12-4-3-5-13-24)31(38)33-25-14-9-15-26(20-25)39-22(2)29(36)35-28-16-6-7-17-32-28/h3-20,22H,1-2H3,(H,33,38)(H,34,37)(H,32,35,36)/b27-19+. The highest BCUT2D eigenvalue weighted by molar-refractivity contribution is 8.00. The van der Waals surface area contributed by atoms with E-state index in [4.69, 9.17) is 0 Å². The minimum atomic E-state index is -0.469. The fraction of sp³-hybridized carbons (Fsp3) is 0.0968. The molecule has 1 unspecified atom stereocenters. The lowest BCUT2D eigenvalue weighted by Gasteiger charge is -2.14. The largest absolute Gasteiger partial charge is 0.321 e. The number of carbonyl (C=O) groups excluding carboxylic acids is 3. The van der Waals surface area contributed by atoms with Gasteiger partial charge in [0.1, 0.15) is 11.5 Å². The van der Waals surface area contributed by atoms with Gasteiger partial charge in [0.05, 0.1) is 5.25 Å². The molecule has 39 heavy (non-hydrogen) atoms. The van der Waals surface area contributed by atoms with E-state index in [9.17, 15) is 14.4 Å². The Balaban J connectivity index is 1.48. The summed E-state index contributed by atoms with van der Waals surface area (Å²) < 4.78 is 0. The maximum atomic E-state index is 13.3. The molecule has 7 nitrogen and oxygen atoms in total. The van der Waals surface area contributed by atoms with Crippen LogP contribution in [0.5, 0.6) is 0 Å². The van der Waals surface area contributed by atoms with E-state index in [0.717, 1.165) is 16.0 Å². The Kier molecular flexibility index (Phi) is 9.26. The minimum absolute atomic E-state index is 0.107. The number of hydrogen-bond donors (Lipinski definition) is 3. The molecule has 0 radical (unpaired) electrons. The minimum Gasteiger partial charge on any atom is -0.321 e. The Labute approximate surface area is 231 Å². The van der Waals surface area contributed by atoms with Crippen molar-refractivity contribution in [3.63, 3.8) is 0 Å². The lowest BCUT2D eigenvalue weighted by Crippen LogP contribution is -2.30. The summed E-state index contributed by atoms with van der Waals surface area (Å²) in [6, 6.07) is 28.9. The van der Waals surface area contributed by atoms with Crippen LogP contribution in [0.3, 0.4) is 0 Å². The van der Waals surface area contributed by atoms with Crippen LogP contribution in [0.2, 0.25) is 0 Å². The molecule has 4 rings (SSSR count). The van der Waals surface area contributed by atoms with Gasteiger partial charge in [-0.25, -0.2) is 4.98 Å². The number of rotatable bonds is 9. The third kappa shape index (κ3) is 8.15. The summed E-state index contributed by atoms with van der Waals surface area (Å²) in [5, 5.41) is 8.01. The topological polar surface area (TPSA) is 100 Å². The molecular formula is C31H28N4O3S. The van der Waals surface area contributed by atoms with Crippen molar-refractivity contribution < 1.29 is 14.4 Å². The van der Waals surface area contributed by atoms with Crippen molar-refractivity contribution in [2.75, 3.05) is 10.6 Å². The van der Waals surface area contributed by atoms with Crippen LogP contribution in [0.4, 0.5) is 11.5 Å². The summed E-state index contributed by atoms with van der Waals surface area (Å²) in [6.45, 7) is 3.76. The zero-order chi connectivity index (χ0) is 27.6. The average Bonchev–Trinajstić information content (AvgIpc) is 2.94. The first-order valence-corrected chi connectivity index (χ1v) is 13.2. The van der Waals surface area contributed by atoms with E-state index < -0.39 is 11.2 Å². The van der Waals surface area contributed by atoms with E-state index in [1.807, 2.05) is 43.3 Å². The van der Waals surface area contributed by atoms with Crippen molar-refractivity contribution >= 4 is 47.1 Å². The van der Waals surface area contributed by atoms with Gasteiger partial charge in [-0.05, 0) is 68.0 Å². The number of nitrogens with one attached hydrogen (secondary N) is 3. The summed E-state index contributed by atoms with van der Waals surface area (Å²) in [7, 11) is 0. The Morgan fingerprint density at radius 3 is 2.36 bits per heavy atom. The van der Waals surface area contributed by atoms with Crippen LogP contribution in [0.25, 0.3) is 6.08 Å². The number of carbonyl (C=O) groups is 3. The van der Waals surface area contributed by atoms with Gasteiger partial charge in [0, 0.05) is 22.3 Å². The first-order valence-electron chi connectivity index (χ1n) is 12.3. The number of amides is 3. The Bertz CT molecular complexity index is 1490. The van der Waals surface area contributed by atoms with Gasteiger partial charge in [-0.2, -0.15) is 0 Å². The first-order chi connectivity index (χ1) is 18.9. The van der Waals surface area contributed by atoms with E-state index in [0.29, 0.717) is 17.1 Å². The maximum Gasteiger partial charge on any atom is 0.272 e. The molecule has 1 aromatic heterocycles. The van der Waals surface area contributed by atoms with Crippen molar-refractivity contribution in [2.24, 2.45) is 0 Å². The maximum absolute atomic E-state index is 13.3. The summed E-state index contributed by atoms with van der Waals surface area (Å²) in [4.78, 5) is 43.7. The second-order valence-corrected chi connectivity index (χ2v) is 10.2. The van der Waals surface area contributed by atoms with Gasteiger partial charge in [0.25, 0.3) is 11.8 Å². The Morgan fingerprint density at radius 1 is 0.846 bits per heavy atom. The van der Waals surface area contributed by atoms with Crippen molar-refractivity contribution in [3.05, 3.63) is 126 Å². The van der Waals surface area contributed by atoms with Gasteiger partial charge >= 0.3 is 0 Å². The number of hydrogen-bond acceptors (Lipinski definition) is 5. The van der Waals surface area contributed by atoms with Crippen LogP contribution < -0.4 is 16.0 Å². The number of anilines is 2. The molecule has 3 aromatic carbocycles. The van der Waals surface area contributed by atoms with Gasteiger partial charge in [0.2, 0.25) is 5.91 Å². The highest BCUT2D eigenvalue weighted by Crippen LogP contribution is 2.27. The van der Waals surface area contributed by atoms with E-state index in [-0.39, 0.29) is 17.5 Å². The smallest absolute Gasteiger partial charge is 0.272 e. The molecule has 0 bridgehead atoms. The molecule has 0 saturated carbocycles. The van der Waals surface area contributed by atoms with Gasteiger partial charge in [-0.1, -0.05) is 60.2 Å². The molecule has 0 fully saturated rings. The van der Waals surface area contributed by atoms with Crippen LogP contribution in [-0.2, 0) is 9.59 Å². The molecule has 3 N–H and O–H groups in total. The second-order valence-electron chi connectivity index (χ2n) is 8.74. The molecule has 0 spiro atoms. The molecule has 8 heteroatoms. The lowest BCUT2D eigenvalue weighted by molar-refractivity contribution is -0.115. The van der Waals surface area contributed by atoms with Crippen molar-refractivity contribution in [1.82, 2.24) is 10.3 Å². The number of nitrogens with zero attached hydrogens (tertiary/aromatic N) is 1. The highest BCUT2D eigenvalue weighted by atomic mass is 32.2. The second kappa shape index (κ2) is 13.2. The quantitative estimate of drug-likeness (QED) is 0.182. The van der Waals surface area contributed by atoms with Crippen molar-refractivity contribution in [2.45, 2.75) is 24.0 Å². The summed E-state index contributed by atoms with van der Waals surface area (Å²) >= 11 is 1.36. The third-order valence-corrected chi connectivity index (χ3v) is 6.67. The predicted octanol–water partition coefficient (Wildman–Crippen LogP) is 5.92. The third-order valence-electron chi connectivity index (χ3n) is 5.57. The van der Waals surface area contributed by atoms with E-state index in [2.05, 4.69) is 20.9 Å². The Hall–Kier alpha value is -4.69. The van der Waals surface area contributed by atoms with Crippen LogP contribution in [0, 0.1) is 6.92 Å². The summed E-state index contributed by atoms with van der Waals surface area (Å²) in [6.07, 6.45) is 3.26. The number of benzene rings is 3. The van der Waals surface area contributed by atoms with Crippen LogP contribution in [-0.4, -0.2) is 28.0 Å². The SMILES string of the molecule is Cc1cccc(/C=C(/NC(=O)c2ccccc2)C(=O)Nc2cccc(SC(C)C(=O)Nc3ccccn3)c2)c1. The highest BCUT2D eigenvalue weighted by Gasteiger charge is 2.17. The zero-order valence-electron chi connectivity index (χ0n) is 21.5. The number of thioether (sulfide) groups is 1. The molecule has 196 valence electrons. The van der Waals surface area contributed by atoms with Crippen LogP contribution >= 0.6 is 11.8 Å². The molecule has 0 aliphatic carbocycles. The lowest BCUT2D eigenvalue weighted by atomic mass is 10.1. The van der Waals surface area contributed by atoms with Crippen molar-refractivity contribution in [1.29, 1.82) is 0 Å². The molecule has 3 amide bonds. The molecule has 0 aliphatic rings. The summed E-state index contributed by atoms with van der Waals surface area (Å²) in [5.41, 5.74) is 2.90. The van der Waals surface area contributed by atoms with Gasteiger partial charge < -0.3 is 16.0 Å². The molecule has 1 heterocycles. The van der Waals surface area contributed by atoms with E-state index in [1.54, 1.807) is 79.9 Å². The molecular weight excluding hydrogens is 508 g/mol. The fourth-order valence-corrected chi connectivity index (χ4v) is 4.56. The molecule has 4 aromatic rings. The molecule has 1 atom stereocenters. The number of aromatic nitrogens is 1. The van der Waals surface area contributed by atoms with Gasteiger partial charge in [-0.3, -0.25) is 14.4 Å². The number of aryl methyl sites for hydroxylation is 1. The zero-order valence-corrected chi connectivity index (χ0v) is 22.4. The normalized spacial score (nSPS) is 11.8. The van der Waals surface area contributed by atoms with Crippen molar-refractivity contribution in [3.8, 4) is 0 Å². The first kappa shape index (κ1) is 27.3. The average molecular weight is 537 g/mol. The van der Waals surface area contributed by atoms with Gasteiger partial charge in [-0.15, -0.1) is 11.8 Å². The van der Waals surface area contributed by atoms with E-state index in [1.165, 1.54) is 11.8 Å². The summed E-state index contributed by atoms with van der Waals surface area (Å²) in [5.74, 6) is -0.549. The van der Waals surface area contributed by atoms with Gasteiger partial charge in [0.15, 0.2) is 0 Å². The molecule has 0 saturated heterocycles. The van der Waals surface area contributed by atoms with E-state index >= 15 is 0 Å². The van der Waals surface area contributed by atoms with Crippen LogP contribution in [0.15, 0.2) is 114 Å². The predicted molar refractivity (Wildman–Crippen MR) is 156 cm³/mol. The number of pyridine rings is 1.